The summed E-state index contributed by atoms with van der Waals surface area (Å²) in [5.74, 6) is -2.37. The van der Waals surface area contributed by atoms with Gasteiger partial charge in [0.15, 0.2) is 9.84 Å². The van der Waals surface area contributed by atoms with Crippen LogP contribution >= 0.6 is 11.8 Å². The highest BCUT2D eigenvalue weighted by atomic mass is 32.2. The van der Waals surface area contributed by atoms with Crippen LogP contribution in [0.4, 0.5) is 8.78 Å². The number of carbonyl (C=O) groups is 2. The number of benzene rings is 1. The minimum atomic E-state index is -3.10. The highest BCUT2D eigenvalue weighted by Gasteiger charge is 2.29. The molecule has 1 saturated heterocycles. The highest BCUT2D eigenvalue weighted by Crippen LogP contribution is 2.22. The van der Waals surface area contributed by atoms with Gasteiger partial charge >= 0.3 is 0 Å². The Morgan fingerprint density at radius 1 is 1.35 bits per heavy atom. The molecule has 1 heterocycles. The van der Waals surface area contributed by atoms with Crippen molar-refractivity contribution < 1.29 is 26.8 Å². The number of hydrogen-bond donors (Lipinski definition) is 1. The summed E-state index contributed by atoms with van der Waals surface area (Å²) in [7, 11) is -3.10. The van der Waals surface area contributed by atoms with Gasteiger partial charge in [-0.05, 0) is 25.5 Å². The van der Waals surface area contributed by atoms with E-state index in [2.05, 4.69) is 5.32 Å². The average molecular weight is 406 g/mol. The van der Waals surface area contributed by atoms with Crippen LogP contribution in [0.1, 0.15) is 13.3 Å². The van der Waals surface area contributed by atoms with Crippen LogP contribution in [0.5, 0.6) is 0 Å². The summed E-state index contributed by atoms with van der Waals surface area (Å²) in [4.78, 5) is 25.7. The zero-order chi connectivity index (χ0) is 19.3. The van der Waals surface area contributed by atoms with Gasteiger partial charge in [0.05, 0.1) is 23.8 Å². The number of halogens is 2. The maximum Gasteiger partial charge on any atom is 0.239 e. The molecule has 1 N–H and O–H groups in total. The minimum Gasteiger partial charge on any atom is -0.351 e. The topological polar surface area (TPSA) is 83.6 Å². The second kappa shape index (κ2) is 8.81. The summed E-state index contributed by atoms with van der Waals surface area (Å²) >= 11 is 0.923. The van der Waals surface area contributed by atoms with Gasteiger partial charge < -0.3 is 10.2 Å². The van der Waals surface area contributed by atoms with Crippen molar-refractivity contribution in [3.63, 3.8) is 0 Å². The van der Waals surface area contributed by atoms with Gasteiger partial charge in [-0.3, -0.25) is 9.59 Å². The number of sulfone groups is 1. The van der Waals surface area contributed by atoms with E-state index in [9.17, 15) is 26.8 Å². The van der Waals surface area contributed by atoms with Gasteiger partial charge in [0, 0.05) is 23.5 Å². The molecule has 1 aromatic carbocycles. The zero-order valence-corrected chi connectivity index (χ0v) is 15.8. The van der Waals surface area contributed by atoms with E-state index < -0.39 is 33.4 Å². The molecule has 0 spiro atoms. The summed E-state index contributed by atoms with van der Waals surface area (Å²) in [6.07, 6.45) is 0.369. The Labute approximate surface area is 155 Å². The third kappa shape index (κ3) is 5.94. The van der Waals surface area contributed by atoms with Crippen LogP contribution in [0.15, 0.2) is 23.1 Å². The number of amides is 2. The zero-order valence-electron chi connectivity index (χ0n) is 14.2. The van der Waals surface area contributed by atoms with Crippen LogP contribution in [0.3, 0.4) is 0 Å². The molecule has 2 amide bonds. The van der Waals surface area contributed by atoms with Crippen molar-refractivity contribution >= 4 is 33.4 Å². The number of nitrogens with one attached hydrogen (secondary N) is 1. The van der Waals surface area contributed by atoms with Gasteiger partial charge in [-0.2, -0.15) is 0 Å². The lowest BCUT2D eigenvalue weighted by Gasteiger charge is -2.21. The molecule has 0 saturated carbocycles. The van der Waals surface area contributed by atoms with Crippen LogP contribution in [-0.4, -0.2) is 61.5 Å². The molecule has 1 aliphatic rings. The smallest absolute Gasteiger partial charge is 0.239 e. The summed E-state index contributed by atoms with van der Waals surface area (Å²) < 4.78 is 49.3. The molecule has 2 rings (SSSR count). The van der Waals surface area contributed by atoms with E-state index in [4.69, 9.17) is 0 Å². The van der Waals surface area contributed by atoms with E-state index in [-0.39, 0.29) is 41.2 Å². The van der Waals surface area contributed by atoms with Crippen molar-refractivity contribution in [1.29, 1.82) is 0 Å². The second-order valence-corrected chi connectivity index (χ2v) is 9.18. The molecule has 0 aromatic heterocycles. The fourth-order valence-electron chi connectivity index (χ4n) is 2.55. The van der Waals surface area contributed by atoms with Gasteiger partial charge in [-0.15, -0.1) is 11.8 Å². The van der Waals surface area contributed by atoms with Crippen molar-refractivity contribution in [1.82, 2.24) is 10.2 Å². The number of rotatable bonds is 7. The number of thioether (sulfide) groups is 1. The summed E-state index contributed by atoms with van der Waals surface area (Å²) in [5, 5.41) is 2.62. The quantitative estimate of drug-likeness (QED) is 0.688. The molecule has 0 unspecified atom stereocenters. The van der Waals surface area contributed by atoms with Crippen molar-refractivity contribution in [2.24, 2.45) is 0 Å². The molecule has 0 aliphatic carbocycles. The second-order valence-electron chi connectivity index (χ2n) is 5.94. The van der Waals surface area contributed by atoms with E-state index in [0.29, 0.717) is 6.42 Å². The van der Waals surface area contributed by atoms with E-state index in [1.165, 1.54) is 11.0 Å². The lowest BCUT2D eigenvalue weighted by molar-refractivity contribution is -0.134. The Hall–Kier alpha value is -1.68. The van der Waals surface area contributed by atoms with Gasteiger partial charge in [-0.25, -0.2) is 17.2 Å². The predicted octanol–water partition coefficient (Wildman–Crippen LogP) is 1.21. The Bertz CT molecular complexity index is 786. The molecule has 1 aliphatic heterocycles. The van der Waals surface area contributed by atoms with Gasteiger partial charge in [0.2, 0.25) is 11.8 Å². The third-order valence-electron chi connectivity index (χ3n) is 3.91. The number of likely N-dealkylation sites (N-methyl/N-ethyl adjacent to an activating group) is 1. The minimum absolute atomic E-state index is 0.0498. The average Bonchev–Trinajstić information content (AvgIpc) is 2.90. The first-order valence-corrected chi connectivity index (χ1v) is 10.9. The number of hydrogen-bond acceptors (Lipinski definition) is 5. The highest BCUT2D eigenvalue weighted by molar-refractivity contribution is 8.00. The molecule has 1 aromatic rings. The maximum atomic E-state index is 13.6. The monoisotopic (exact) mass is 406 g/mol. The van der Waals surface area contributed by atoms with Gasteiger partial charge in [0.25, 0.3) is 0 Å². The Morgan fingerprint density at radius 2 is 2.08 bits per heavy atom. The van der Waals surface area contributed by atoms with E-state index in [1.54, 1.807) is 6.92 Å². The number of carbonyl (C=O) groups excluding carboxylic acids is 2. The summed E-state index contributed by atoms with van der Waals surface area (Å²) in [5.41, 5.74) is 0. The normalized spacial score (nSPS) is 18.5. The van der Waals surface area contributed by atoms with Crippen LogP contribution in [0.25, 0.3) is 0 Å². The maximum absolute atomic E-state index is 13.6. The largest absolute Gasteiger partial charge is 0.351 e. The van der Waals surface area contributed by atoms with Crippen LogP contribution in [0, 0.1) is 11.6 Å². The van der Waals surface area contributed by atoms with Crippen molar-refractivity contribution in [3.8, 4) is 0 Å². The van der Waals surface area contributed by atoms with Crippen molar-refractivity contribution in [3.05, 3.63) is 29.8 Å². The molecule has 144 valence electrons. The number of nitrogens with zero attached hydrogens (tertiary/aromatic N) is 1. The third-order valence-corrected chi connectivity index (χ3v) is 6.71. The van der Waals surface area contributed by atoms with Crippen molar-refractivity contribution in [2.45, 2.75) is 24.3 Å². The van der Waals surface area contributed by atoms with Crippen molar-refractivity contribution in [2.75, 3.05) is 30.3 Å². The first kappa shape index (κ1) is 20.6. The first-order valence-electron chi connectivity index (χ1n) is 8.05. The summed E-state index contributed by atoms with van der Waals surface area (Å²) in [6.45, 7) is 1.79. The lowest BCUT2D eigenvalue weighted by atomic mass is 10.2. The molecule has 6 nitrogen and oxygen atoms in total. The van der Waals surface area contributed by atoms with Crippen LogP contribution in [0.2, 0.25) is 0 Å². The fourth-order valence-corrected chi connectivity index (χ4v) is 5.05. The molecule has 1 atom stereocenters. The SMILES string of the molecule is CCN(CC(=O)N[C@H]1CCS(=O)(=O)C1)C(=O)CSc1ccc(F)cc1F. The molecular formula is C16H20F2N2O4S2. The van der Waals surface area contributed by atoms with Gasteiger partial charge in [0.1, 0.15) is 11.6 Å². The van der Waals surface area contributed by atoms with E-state index in [0.717, 1.165) is 23.9 Å². The Kier molecular flexibility index (Phi) is 6.99. The molecule has 1 fully saturated rings. The Balaban J connectivity index is 1.84. The molecular weight excluding hydrogens is 386 g/mol. The molecule has 10 heteroatoms. The van der Waals surface area contributed by atoms with Crippen LogP contribution in [-0.2, 0) is 19.4 Å². The molecule has 26 heavy (non-hydrogen) atoms. The molecule has 0 bridgehead atoms. The molecule has 0 radical (unpaired) electrons. The Morgan fingerprint density at radius 3 is 2.65 bits per heavy atom. The standard InChI is InChI=1S/C16H20F2N2O4S2/c1-2-20(8-15(21)19-12-5-6-26(23,24)10-12)16(22)9-25-14-4-3-11(17)7-13(14)18/h3-4,7,12H,2,5-6,8-10H2,1H3,(H,19,21)/t12-/m0/s1. The van der Waals surface area contributed by atoms with Gasteiger partial charge in [-0.1, -0.05) is 0 Å². The first-order chi connectivity index (χ1) is 12.2. The van der Waals surface area contributed by atoms with Crippen LogP contribution < -0.4 is 5.32 Å². The summed E-state index contributed by atoms with van der Waals surface area (Å²) in [6, 6.07) is 2.68. The van der Waals surface area contributed by atoms with E-state index in [1.807, 2.05) is 0 Å². The predicted molar refractivity (Wildman–Crippen MR) is 94.5 cm³/mol. The fraction of sp³-hybridized carbons (Fsp3) is 0.500. The lowest BCUT2D eigenvalue weighted by Crippen LogP contribution is -2.45. The van der Waals surface area contributed by atoms with E-state index >= 15 is 0 Å².